The molecule has 1 aromatic carbocycles. The van der Waals surface area contributed by atoms with E-state index in [0.29, 0.717) is 18.5 Å². The van der Waals surface area contributed by atoms with Gasteiger partial charge in [0.2, 0.25) is 0 Å². The van der Waals surface area contributed by atoms with Gasteiger partial charge in [0, 0.05) is 12.1 Å². The van der Waals surface area contributed by atoms with Crippen LogP contribution >= 0.6 is 0 Å². The van der Waals surface area contributed by atoms with Gasteiger partial charge in [-0.15, -0.1) is 6.58 Å². The van der Waals surface area contributed by atoms with E-state index >= 15 is 0 Å². The molecule has 1 aromatic rings. The lowest BCUT2D eigenvalue weighted by atomic mass is 10.1. The van der Waals surface area contributed by atoms with E-state index in [1.807, 2.05) is 20.8 Å². The third-order valence-electron chi connectivity index (χ3n) is 2.68. The van der Waals surface area contributed by atoms with Crippen molar-refractivity contribution in [2.45, 2.75) is 45.7 Å². The summed E-state index contributed by atoms with van der Waals surface area (Å²) in [6.07, 6.45) is 3.20. The van der Waals surface area contributed by atoms with Crippen molar-refractivity contribution in [3.8, 4) is 5.75 Å². The Balaban J connectivity index is 2.68. The van der Waals surface area contributed by atoms with Crippen molar-refractivity contribution in [1.29, 1.82) is 0 Å². The lowest BCUT2D eigenvalue weighted by molar-refractivity contribution is 0.280. The average molecular weight is 283 g/mol. The first-order valence-corrected chi connectivity index (χ1v) is 6.80. The zero-order valence-corrected chi connectivity index (χ0v) is 12.4. The molecule has 0 aliphatic carbocycles. The minimum atomic E-state index is -0.658. The third-order valence-corrected chi connectivity index (χ3v) is 2.68. The van der Waals surface area contributed by atoms with Crippen LogP contribution in [-0.4, -0.2) is 12.1 Å². The smallest absolute Gasteiger partial charge is 0.190 e. The zero-order valence-electron chi connectivity index (χ0n) is 12.4. The molecule has 0 spiro atoms. The summed E-state index contributed by atoms with van der Waals surface area (Å²) in [7, 11) is 0. The highest BCUT2D eigenvalue weighted by molar-refractivity contribution is 5.31. The molecular weight excluding hydrogens is 260 g/mol. The highest BCUT2D eigenvalue weighted by Crippen LogP contribution is 2.24. The molecule has 20 heavy (non-hydrogen) atoms. The standard InChI is InChI=1S/C16H23F2NO/c1-5-6-7-8-20-15-13(17)9-12(10-14(15)18)11-19-16(2,3)4/h5,9-10,19H,1,6-8,11H2,2-4H3. The molecule has 0 bridgehead atoms. The fourth-order valence-electron chi connectivity index (χ4n) is 1.62. The maximum Gasteiger partial charge on any atom is 0.190 e. The first-order chi connectivity index (χ1) is 9.33. The molecule has 112 valence electrons. The summed E-state index contributed by atoms with van der Waals surface area (Å²) >= 11 is 0. The molecule has 0 unspecified atom stereocenters. The van der Waals surface area contributed by atoms with Gasteiger partial charge in [0.15, 0.2) is 17.4 Å². The van der Waals surface area contributed by atoms with Gasteiger partial charge in [-0.05, 0) is 51.3 Å². The average Bonchev–Trinajstić information content (AvgIpc) is 2.34. The van der Waals surface area contributed by atoms with Crippen molar-refractivity contribution in [2.24, 2.45) is 0 Å². The first-order valence-electron chi connectivity index (χ1n) is 6.80. The van der Waals surface area contributed by atoms with Gasteiger partial charge < -0.3 is 10.1 Å². The largest absolute Gasteiger partial charge is 0.488 e. The third kappa shape index (κ3) is 5.70. The Morgan fingerprint density at radius 1 is 1.25 bits per heavy atom. The minimum Gasteiger partial charge on any atom is -0.488 e. The predicted molar refractivity (Wildman–Crippen MR) is 77.9 cm³/mol. The summed E-state index contributed by atoms with van der Waals surface area (Å²) in [5, 5.41) is 3.19. The molecular formula is C16H23F2NO. The molecule has 4 heteroatoms. The lowest BCUT2D eigenvalue weighted by Crippen LogP contribution is -2.35. The molecule has 0 heterocycles. The molecule has 0 radical (unpaired) electrons. The molecule has 1 rings (SSSR count). The van der Waals surface area contributed by atoms with Crippen LogP contribution in [0.4, 0.5) is 8.78 Å². The molecule has 0 atom stereocenters. The Labute approximate surface area is 119 Å². The number of allylic oxidation sites excluding steroid dienone is 1. The van der Waals surface area contributed by atoms with Crippen LogP contribution in [0.1, 0.15) is 39.2 Å². The van der Waals surface area contributed by atoms with E-state index in [4.69, 9.17) is 4.74 Å². The van der Waals surface area contributed by atoms with Crippen LogP contribution in [0, 0.1) is 11.6 Å². The maximum absolute atomic E-state index is 13.8. The quantitative estimate of drug-likeness (QED) is 0.598. The predicted octanol–water partition coefficient (Wildman–Crippen LogP) is 4.20. The van der Waals surface area contributed by atoms with Gasteiger partial charge in [-0.2, -0.15) is 0 Å². The van der Waals surface area contributed by atoms with E-state index < -0.39 is 11.6 Å². The van der Waals surface area contributed by atoms with Gasteiger partial charge in [0.1, 0.15) is 0 Å². The molecule has 0 aliphatic rings. The van der Waals surface area contributed by atoms with Gasteiger partial charge in [0.25, 0.3) is 0 Å². The van der Waals surface area contributed by atoms with Crippen molar-refractivity contribution in [2.75, 3.05) is 6.61 Å². The Hall–Kier alpha value is -1.42. The Bertz CT molecular complexity index is 429. The molecule has 0 saturated carbocycles. The first kappa shape index (κ1) is 16.6. The highest BCUT2D eigenvalue weighted by Gasteiger charge is 2.14. The topological polar surface area (TPSA) is 21.3 Å². The van der Waals surface area contributed by atoms with Crippen LogP contribution < -0.4 is 10.1 Å². The summed E-state index contributed by atoms with van der Waals surface area (Å²) in [5.41, 5.74) is 0.459. The summed E-state index contributed by atoms with van der Waals surface area (Å²) in [5.74, 6) is -1.61. The lowest BCUT2D eigenvalue weighted by Gasteiger charge is -2.20. The molecule has 0 aliphatic heterocycles. The van der Waals surface area contributed by atoms with Gasteiger partial charge in [-0.1, -0.05) is 6.08 Å². The summed E-state index contributed by atoms with van der Waals surface area (Å²) < 4.78 is 32.8. The fourth-order valence-corrected chi connectivity index (χ4v) is 1.62. The van der Waals surface area contributed by atoms with Crippen LogP contribution in [0.5, 0.6) is 5.75 Å². The van der Waals surface area contributed by atoms with Crippen LogP contribution in [0.2, 0.25) is 0 Å². The molecule has 0 amide bonds. The Morgan fingerprint density at radius 3 is 2.35 bits per heavy atom. The molecule has 0 saturated heterocycles. The van der Waals surface area contributed by atoms with Crippen LogP contribution in [0.3, 0.4) is 0 Å². The van der Waals surface area contributed by atoms with E-state index in [9.17, 15) is 8.78 Å². The number of halogens is 2. The summed E-state index contributed by atoms with van der Waals surface area (Å²) in [6, 6.07) is 2.62. The maximum atomic E-state index is 13.8. The highest BCUT2D eigenvalue weighted by atomic mass is 19.1. The van der Waals surface area contributed by atoms with Crippen molar-refractivity contribution in [3.63, 3.8) is 0 Å². The van der Waals surface area contributed by atoms with Gasteiger partial charge in [-0.3, -0.25) is 0 Å². The molecule has 1 N–H and O–H groups in total. The molecule has 0 aromatic heterocycles. The molecule has 2 nitrogen and oxygen atoms in total. The van der Waals surface area contributed by atoms with Crippen LogP contribution in [-0.2, 0) is 6.54 Å². The van der Waals surface area contributed by atoms with E-state index in [1.165, 1.54) is 12.1 Å². The number of nitrogens with one attached hydrogen (secondary N) is 1. The second kappa shape index (κ2) is 7.39. The normalized spacial score (nSPS) is 11.4. The van der Waals surface area contributed by atoms with E-state index in [0.717, 1.165) is 6.42 Å². The van der Waals surface area contributed by atoms with Crippen LogP contribution in [0.15, 0.2) is 24.8 Å². The minimum absolute atomic E-state index is 0.104. The monoisotopic (exact) mass is 283 g/mol. The summed E-state index contributed by atoms with van der Waals surface area (Å²) in [6.45, 7) is 10.3. The Kier molecular flexibility index (Phi) is 6.14. The number of unbranched alkanes of at least 4 members (excludes halogenated alkanes) is 1. The van der Waals surface area contributed by atoms with E-state index in [2.05, 4.69) is 11.9 Å². The zero-order chi connectivity index (χ0) is 15.2. The number of ether oxygens (including phenoxy) is 1. The second-order valence-electron chi connectivity index (χ2n) is 5.77. The van der Waals surface area contributed by atoms with Gasteiger partial charge in [-0.25, -0.2) is 8.78 Å². The van der Waals surface area contributed by atoms with E-state index in [1.54, 1.807) is 6.08 Å². The number of benzene rings is 1. The van der Waals surface area contributed by atoms with Gasteiger partial charge in [0.05, 0.1) is 6.61 Å². The number of hydrogen-bond acceptors (Lipinski definition) is 2. The van der Waals surface area contributed by atoms with Crippen molar-refractivity contribution in [1.82, 2.24) is 5.32 Å². The molecule has 0 fully saturated rings. The van der Waals surface area contributed by atoms with Crippen molar-refractivity contribution < 1.29 is 13.5 Å². The number of rotatable bonds is 7. The Morgan fingerprint density at radius 2 is 1.85 bits per heavy atom. The SMILES string of the molecule is C=CCCCOc1c(F)cc(CNC(C)(C)C)cc1F. The van der Waals surface area contributed by atoms with Crippen LogP contribution in [0.25, 0.3) is 0 Å². The van der Waals surface area contributed by atoms with Crippen molar-refractivity contribution in [3.05, 3.63) is 42.0 Å². The summed E-state index contributed by atoms with van der Waals surface area (Å²) in [4.78, 5) is 0. The van der Waals surface area contributed by atoms with Crippen molar-refractivity contribution >= 4 is 0 Å². The fraction of sp³-hybridized carbons (Fsp3) is 0.500. The number of hydrogen-bond donors (Lipinski definition) is 1. The van der Waals surface area contributed by atoms with E-state index in [-0.39, 0.29) is 17.9 Å². The van der Waals surface area contributed by atoms with Gasteiger partial charge >= 0.3 is 0 Å². The second-order valence-corrected chi connectivity index (χ2v) is 5.77.